The summed E-state index contributed by atoms with van der Waals surface area (Å²) < 4.78 is 0. The molecular weight excluding hydrogens is 434 g/mol. The van der Waals surface area contributed by atoms with E-state index in [1.807, 2.05) is 13.8 Å². The number of carboxylic acids is 2. The lowest BCUT2D eigenvalue weighted by molar-refractivity contribution is -0.146. The summed E-state index contributed by atoms with van der Waals surface area (Å²) in [5.74, 6) is -3.35. The molecule has 2 amide bonds. The van der Waals surface area contributed by atoms with Crippen molar-refractivity contribution < 1.29 is 34.6 Å². The molecule has 1 heterocycles. The molecule has 0 radical (unpaired) electrons. The van der Waals surface area contributed by atoms with E-state index >= 15 is 0 Å². The Bertz CT molecular complexity index is 903. The maximum absolute atomic E-state index is 11.8. The molecule has 0 bridgehead atoms. The minimum Gasteiger partial charge on any atom is -0.480 e. The topological polar surface area (TPSA) is 199 Å². The van der Waals surface area contributed by atoms with E-state index in [1.54, 1.807) is 24.4 Å². The number of aromatic nitrogens is 2. The molecule has 2 atom stereocenters. The molecule has 12 nitrogen and oxygen atoms in total. The van der Waals surface area contributed by atoms with Gasteiger partial charge in [-0.15, -0.1) is 0 Å². The summed E-state index contributed by atoms with van der Waals surface area (Å²) in [6.45, 7) is 3.06. The van der Waals surface area contributed by atoms with Crippen molar-refractivity contribution in [2.75, 3.05) is 6.54 Å². The quantitative estimate of drug-likeness (QED) is 0.214. The number of hydrogen-bond acceptors (Lipinski definition) is 7. The molecule has 0 spiro atoms. The highest BCUT2D eigenvalue weighted by Gasteiger charge is 2.24. The zero-order valence-electron chi connectivity index (χ0n) is 18.3. The van der Waals surface area contributed by atoms with Gasteiger partial charge in [-0.1, -0.05) is 32.0 Å². The van der Waals surface area contributed by atoms with E-state index in [0.717, 1.165) is 0 Å². The van der Waals surface area contributed by atoms with Gasteiger partial charge in [0.15, 0.2) is 0 Å². The van der Waals surface area contributed by atoms with Gasteiger partial charge in [-0.3, -0.25) is 19.6 Å². The number of aromatic amines is 1. The van der Waals surface area contributed by atoms with Crippen LogP contribution >= 0.6 is 0 Å². The number of carbonyl (C=O) groups is 4. The van der Waals surface area contributed by atoms with Crippen molar-refractivity contribution in [3.8, 4) is 0 Å². The number of H-pyrrole nitrogens is 1. The lowest BCUT2D eigenvalue weighted by atomic mass is 10.0. The Morgan fingerprint density at radius 2 is 1.79 bits per heavy atom. The maximum atomic E-state index is 11.8. The number of carboxylic acid groups (broad SMARTS) is 2. The van der Waals surface area contributed by atoms with Gasteiger partial charge in [-0.2, -0.15) is 0 Å². The number of rotatable bonds is 10. The summed E-state index contributed by atoms with van der Waals surface area (Å²) in [5.41, 5.74) is 6.64. The zero-order chi connectivity index (χ0) is 25.0. The summed E-state index contributed by atoms with van der Waals surface area (Å²) >= 11 is 0. The first-order valence-electron chi connectivity index (χ1n) is 10.0. The molecule has 1 aromatic carbocycles. The van der Waals surface area contributed by atoms with E-state index in [4.69, 9.17) is 21.2 Å². The number of nitrogens with zero attached hydrogens (tertiary/aromatic N) is 2. The molecule has 7 N–H and O–H groups in total. The molecule has 0 aliphatic carbocycles. The third kappa shape index (κ3) is 10.4. The number of nitrogens with one attached hydrogen (secondary N) is 2. The SMILES string of the molecule is CC(C)C[C@H](NC(=O)[C@@H](N)Cc1c[nH]cn1)C(=O)O.O=C(O)CN(O)C(=O)c1ccccc1. The Hall–Kier alpha value is -3.77. The maximum Gasteiger partial charge on any atom is 0.326 e. The number of benzene rings is 1. The summed E-state index contributed by atoms with van der Waals surface area (Å²) in [6, 6.07) is 6.25. The van der Waals surface area contributed by atoms with Gasteiger partial charge in [0.05, 0.1) is 18.1 Å². The number of nitrogens with two attached hydrogens (primary N) is 1. The molecule has 33 heavy (non-hydrogen) atoms. The summed E-state index contributed by atoms with van der Waals surface area (Å²) in [7, 11) is 0. The van der Waals surface area contributed by atoms with Crippen molar-refractivity contribution in [2.45, 2.75) is 38.8 Å². The number of hydrogen-bond donors (Lipinski definition) is 6. The van der Waals surface area contributed by atoms with Crippen molar-refractivity contribution in [2.24, 2.45) is 11.7 Å². The van der Waals surface area contributed by atoms with E-state index in [9.17, 15) is 19.2 Å². The van der Waals surface area contributed by atoms with Crippen LogP contribution in [0.4, 0.5) is 0 Å². The molecule has 0 unspecified atom stereocenters. The molecule has 2 rings (SSSR count). The summed E-state index contributed by atoms with van der Waals surface area (Å²) in [6.07, 6.45) is 3.79. The van der Waals surface area contributed by atoms with Crippen molar-refractivity contribution in [3.05, 3.63) is 54.1 Å². The van der Waals surface area contributed by atoms with Crippen molar-refractivity contribution in [1.82, 2.24) is 20.3 Å². The predicted molar refractivity (Wildman–Crippen MR) is 116 cm³/mol. The minimum atomic E-state index is -1.27. The lowest BCUT2D eigenvalue weighted by Gasteiger charge is -2.18. The van der Waals surface area contributed by atoms with Gasteiger partial charge < -0.3 is 26.2 Å². The zero-order valence-corrected chi connectivity index (χ0v) is 18.3. The Morgan fingerprint density at radius 1 is 1.15 bits per heavy atom. The van der Waals surface area contributed by atoms with Crippen LogP contribution in [0.15, 0.2) is 42.9 Å². The van der Waals surface area contributed by atoms with Crippen molar-refractivity contribution in [3.63, 3.8) is 0 Å². The van der Waals surface area contributed by atoms with Gasteiger partial charge in [0, 0.05) is 18.2 Å². The molecule has 0 saturated carbocycles. The second kappa shape index (κ2) is 13.6. The van der Waals surface area contributed by atoms with E-state index in [1.165, 1.54) is 18.5 Å². The first-order chi connectivity index (χ1) is 15.5. The highest BCUT2D eigenvalue weighted by atomic mass is 16.5. The van der Waals surface area contributed by atoms with Gasteiger partial charge in [-0.05, 0) is 24.5 Å². The summed E-state index contributed by atoms with van der Waals surface area (Å²) in [5, 5.41) is 29.0. The Labute approximate surface area is 190 Å². The number of amides is 2. The smallest absolute Gasteiger partial charge is 0.326 e. The first kappa shape index (κ1) is 27.3. The molecule has 2 aromatic rings. The Kier molecular flexibility index (Phi) is 11.2. The highest BCUT2D eigenvalue weighted by Crippen LogP contribution is 2.06. The average Bonchev–Trinajstić information content (AvgIpc) is 3.25. The fourth-order valence-electron chi connectivity index (χ4n) is 2.62. The van der Waals surface area contributed by atoms with Crippen LogP contribution < -0.4 is 11.1 Å². The number of imidazole rings is 1. The molecule has 180 valence electrons. The molecule has 12 heteroatoms. The molecule has 0 saturated heterocycles. The Morgan fingerprint density at radius 3 is 2.27 bits per heavy atom. The van der Waals surface area contributed by atoms with Crippen LogP contribution in [0.2, 0.25) is 0 Å². The van der Waals surface area contributed by atoms with Gasteiger partial charge in [-0.25, -0.2) is 14.8 Å². The van der Waals surface area contributed by atoms with Crippen LogP contribution in [-0.4, -0.2) is 72.8 Å². The van der Waals surface area contributed by atoms with Crippen molar-refractivity contribution >= 4 is 23.8 Å². The van der Waals surface area contributed by atoms with E-state index < -0.39 is 42.4 Å². The van der Waals surface area contributed by atoms with Crippen LogP contribution in [0, 0.1) is 5.92 Å². The number of carbonyl (C=O) groups excluding carboxylic acids is 2. The van der Waals surface area contributed by atoms with E-state index in [0.29, 0.717) is 12.1 Å². The van der Waals surface area contributed by atoms with Crippen LogP contribution in [0.25, 0.3) is 0 Å². The average molecular weight is 463 g/mol. The molecular formula is C21H29N5O7. The number of hydroxylamine groups is 2. The second-order valence-electron chi connectivity index (χ2n) is 7.52. The summed E-state index contributed by atoms with van der Waals surface area (Å²) in [4.78, 5) is 51.1. The monoisotopic (exact) mass is 463 g/mol. The third-order valence-corrected chi connectivity index (χ3v) is 4.18. The van der Waals surface area contributed by atoms with Crippen LogP contribution in [-0.2, 0) is 20.8 Å². The molecule has 0 fully saturated rings. The third-order valence-electron chi connectivity index (χ3n) is 4.18. The molecule has 1 aromatic heterocycles. The van der Waals surface area contributed by atoms with Gasteiger partial charge >= 0.3 is 11.9 Å². The van der Waals surface area contributed by atoms with Crippen molar-refractivity contribution in [1.29, 1.82) is 0 Å². The minimum absolute atomic E-state index is 0.164. The van der Waals surface area contributed by atoms with E-state index in [-0.39, 0.29) is 23.0 Å². The molecule has 0 aliphatic rings. The standard InChI is InChI=1S/C12H20N4O3.C9H9NO4/c1-7(2)3-10(12(18)19)16-11(17)9(13)4-8-5-14-6-15-8;11-8(12)6-10(14)9(13)7-4-2-1-3-5-7/h5-7,9-10H,3-4,13H2,1-2H3,(H,14,15)(H,16,17)(H,18,19);1-5,14H,6H2,(H,11,12)/t9-,10-;/m0./s1. The van der Waals surface area contributed by atoms with E-state index in [2.05, 4.69) is 15.3 Å². The largest absolute Gasteiger partial charge is 0.480 e. The highest BCUT2D eigenvalue weighted by molar-refractivity contribution is 5.94. The fourth-order valence-corrected chi connectivity index (χ4v) is 2.62. The van der Waals surface area contributed by atoms with Gasteiger partial charge in [0.25, 0.3) is 5.91 Å². The molecule has 0 aliphatic heterocycles. The van der Waals surface area contributed by atoms with Gasteiger partial charge in [0.1, 0.15) is 12.6 Å². The second-order valence-corrected chi connectivity index (χ2v) is 7.52. The van der Waals surface area contributed by atoms with Gasteiger partial charge in [0.2, 0.25) is 5.91 Å². The normalized spacial score (nSPS) is 12.2. The van der Waals surface area contributed by atoms with Crippen LogP contribution in [0.1, 0.15) is 36.3 Å². The lowest BCUT2D eigenvalue weighted by Crippen LogP contribution is -2.49. The number of aliphatic carboxylic acids is 2. The predicted octanol–water partition coefficient (Wildman–Crippen LogP) is 0.498. The fraction of sp³-hybridized carbons (Fsp3) is 0.381. The Balaban J connectivity index is 0.000000346. The first-order valence-corrected chi connectivity index (χ1v) is 10.0. The van der Waals surface area contributed by atoms with Crippen LogP contribution in [0.5, 0.6) is 0 Å². The van der Waals surface area contributed by atoms with Crippen LogP contribution in [0.3, 0.4) is 0 Å².